The number of ether oxygens (including phenoxy) is 2. The number of fused-ring (bicyclic) bond motifs is 1. The lowest BCUT2D eigenvalue weighted by molar-refractivity contribution is -0.384. The van der Waals surface area contributed by atoms with Crippen LogP contribution in [0.25, 0.3) is 11.4 Å². The van der Waals surface area contributed by atoms with E-state index in [1.165, 1.54) is 19.2 Å². The van der Waals surface area contributed by atoms with Crippen molar-refractivity contribution in [2.75, 3.05) is 24.9 Å². The normalized spacial score (nSPS) is 14.3. The third-order valence-electron chi connectivity index (χ3n) is 6.18. The van der Waals surface area contributed by atoms with Gasteiger partial charge in [-0.25, -0.2) is 4.68 Å². The Hall–Kier alpha value is -5.19. The second-order valence-corrected chi connectivity index (χ2v) is 8.51. The highest BCUT2D eigenvalue weighted by atomic mass is 16.6. The summed E-state index contributed by atoms with van der Waals surface area (Å²) in [5.41, 5.74) is 2.46. The van der Waals surface area contributed by atoms with E-state index in [9.17, 15) is 14.9 Å². The molecule has 1 unspecified atom stereocenters. The lowest BCUT2D eigenvalue weighted by Gasteiger charge is -2.28. The first-order chi connectivity index (χ1) is 18.4. The van der Waals surface area contributed by atoms with Crippen LogP contribution in [-0.4, -0.2) is 39.8 Å². The topological polar surface area (TPSA) is 133 Å². The first kappa shape index (κ1) is 24.5. The Morgan fingerprint density at radius 1 is 1.05 bits per heavy atom. The number of anilines is 2. The number of nitro groups is 1. The fourth-order valence-corrected chi connectivity index (χ4v) is 4.38. The maximum absolute atomic E-state index is 13.7. The van der Waals surface area contributed by atoms with Gasteiger partial charge in [-0.2, -0.15) is 4.98 Å². The van der Waals surface area contributed by atoms with Crippen molar-refractivity contribution < 1.29 is 19.2 Å². The molecular formula is C27H24N6O5. The standard InChI is InChI=1S/C27H24N6O5/c1-16-23(26(34)29-21-12-4-5-13-22(21)38-3)24(17-8-6-10-19(14-17)33(35)36)32-27(28-16)30-25(31-32)18-9-7-11-20(15-18)37-2/h4-15,24H,1-3H3,(H,29,34)(H,28,30,31). The minimum Gasteiger partial charge on any atom is -0.497 e. The van der Waals surface area contributed by atoms with Crippen molar-refractivity contribution in [3.63, 3.8) is 0 Å². The highest BCUT2D eigenvalue weighted by Gasteiger charge is 2.35. The Kier molecular flexibility index (Phi) is 6.48. The van der Waals surface area contributed by atoms with E-state index in [0.29, 0.717) is 51.4 Å². The molecule has 0 fully saturated rings. The highest BCUT2D eigenvalue weighted by Crippen LogP contribution is 2.38. The van der Waals surface area contributed by atoms with Crippen LogP contribution in [0.4, 0.5) is 17.3 Å². The van der Waals surface area contributed by atoms with E-state index in [1.54, 1.807) is 61.2 Å². The molecule has 2 heterocycles. The SMILES string of the molecule is COc1cccc(-c2nc3n(n2)C(c2cccc([N+](=O)[O-])c2)C(C(=O)Nc2ccccc2OC)=C(C)N3)c1. The number of hydrogen-bond acceptors (Lipinski definition) is 8. The molecular weight excluding hydrogens is 488 g/mol. The van der Waals surface area contributed by atoms with Crippen molar-refractivity contribution in [1.82, 2.24) is 14.8 Å². The molecule has 192 valence electrons. The number of nitrogens with one attached hydrogen (secondary N) is 2. The molecule has 5 rings (SSSR count). The van der Waals surface area contributed by atoms with Crippen LogP contribution in [0.1, 0.15) is 18.5 Å². The van der Waals surface area contributed by atoms with Crippen LogP contribution in [0.15, 0.2) is 84.1 Å². The van der Waals surface area contributed by atoms with Crippen LogP contribution in [-0.2, 0) is 4.79 Å². The molecule has 0 saturated carbocycles. The van der Waals surface area contributed by atoms with Crippen molar-refractivity contribution >= 4 is 23.2 Å². The molecule has 0 radical (unpaired) electrons. The molecule has 0 saturated heterocycles. The van der Waals surface area contributed by atoms with Crippen LogP contribution in [0, 0.1) is 10.1 Å². The third-order valence-corrected chi connectivity index (χ3v) is 6.18. The molecule has 0 aliphatic carbocycles. The average Bonchev–Trinajstić information content (AvgIpc) is 3.36. The molecule has 0 bridgehead atoms. The number of methoxy groups -OCH3 is 2. The Balaban J connectivity index is 1.63. The van der Waals surface area contributed by atoms with E-state index < -0.39 is 16.9 Å². The van der Waals surface area contributed by atoms with Crippen molar-refractivity contribution in [2.45, 2.75) is 13.0 Å². The summed E-state index contributed by atoms with van der Waals surface area (Å²) >= 11 is 0. The fraction of sp³-hybridized carbons (Fsp3) is 0.148. The average molecular weight is 513 g/mol. The molecule has 1 amide bonds. The van der Waals surface area contributed by atoms with Crippen molar-refractivity contribution in [2.24, 2.45) is 0 Å². The summed E-state index contributed by atoms with van der Waals surface area (Å²) in [7, 11) is 3.09. The predicted molar refractivity (Wildman–Crippen MR) is 141 cm³/mol. The zero-order chi connectivity index (χ0) is 26.8. The number of nitro benzene ring substituents is 1. The number of benzene rings is 3. The Morgan fingerprint density at radius 3 is 2.61 bits per heavy atom. The van der Waals surface area contributed by atoms with E-state index in [-0.39, 0.29) is 5.69 Å². The number of carbonyl (C=O) groups excluding carboxylic acids is 1. The van der Waals surface area contributed by atoms with Crippen LogP contribution in [0.3, 0.4) is 0 Å². The summed E-state index contributed by atoms with van der Waals surface area (Å²) in [6.45, 7) is 1.75. The zero-order valence-corrected chi connectivity index (χ0v) is 20.8. The Morgan fingerprint density at radius 2 is 1.84 bits per heavy atom. The summed E-state index contributed by atoms with van der Waals surface area (Å²) < 4.78 is 12.3. The van der Waals surface area contributed by atoms with Crippen LogP contribution in [0.5, 0.6) is 11.5 Å². The molecule has 1 aliphatic heterocycles. The number of nitrogens with zero attached hydrogens (tertiary/aromatic N) is 4. The molecule has 1 aliphatic rings. The third kappa shape index (κ3) is 4.52. The molecule has 11 heteroatoms. The molecule has 11 nitrogen and oxygen atoms in total. The predicted octanol–water partition coefficient (Wildman–Crippen LogP) is 4.80. The minimum atomic E-state index is -0.798. The lowest BCUT2D eigenvalue weighted by Crippen LogP contribution is -2.31. The summed E-state index contributed by atoms with van der Waals surface area (Å²) in [6.07, 6.45) is 0. The van der Waals surface area contributed by atoms with E-state index >= 15 is 0 Å². The van der Waals surface area contributed by atoms with Gasteiger partial charge >= 0.3 is 0 Å². The van der Waals surface area contributed by atoms with E-state index in [4.69, 9.17) is 14.6 Å². The monoisotopic (exact) mass is 512 g/mol. The zero-order valence-electron chi connectivity index (χ0n) is 20.8. The van der Waals surface area contributed by atoms with E-state index in [0.717, 1.165) is 0 Å². The molecule has 0 spiro atoms. The first-order valence-corrected chi connectivity index (χ1v) is 11.7. The molecule has 1 aromatic heterocycles. The summed E-state index contributed by atoms with van der Waals surface area (Å²) in [5, 5.41) is 22.4. The number of non-ortho nitro benzene ring substituents is 1. The smallest absolute Gasteiger partial charge is 0.269 e. The van der Waals surface area contributed by atoms with Crippen molar-refractivity contribution in [1.29, 1.82) is 0 Å². The van der Waals surface area contributed by atoms with Gasteiger partial charge in [-0.15, -0.1) is 5.10 Å². The van der Waals surface area contributed by atoms with Gasteiger partial charge in [-0.3, -0.25) is 14.9 Å². The molecule has 4 aromatic rings. The van der Waals surface area contributed by atoms with Gasteiger partial charge in [0.05, 0.1) is 30.4 Å². The quantitative estimate of drug-likeness (QED) is 0.267. The maximum Gasteiger partial charge on any atom is 0.269 e. The first-order valence-electron chi connectivity index (χ1n) is 11.7. The van der Waals surface area contributed by atoms with E-state index in [2.05, 4.69) is 15.6 Å². The van der Waals surface area contributed by atoms with Gasteiger partial charge in [-0.05, 0) is 36.8 Å². The van der Waals surface area contributed by atoms with Crippen molar-refractivity contribution in [3.05, 3.63) is 99.7 Å². The molecule has 38 heavy (non-hydrogen) atoms. The number of rotatable bonds is 7. The van der Waals surface area contributed by atoms with Gasteiger partial charge in [0.25, 0.3) is 11.6 Å². The number of hydrogen-bond donors (Lipinski definition) is 2. The molecule has 2 N–H and O–H groups in total. The summed E-state index contributed by atoms with van der Waals surface area (Å²) in [6, 6.07) is 19.7. The maximum atomic E-state index is 13.7. The van der Waals surface area contributed by atoms with Gasteiger partial charge in [0.1, 0.15) is 17.5 Å². The second kappa shape index (κ2) is 10.1. The Labute approximate surface area is 217 Å². The number of amides is 1. The van der Waals surface area contributed by atoms with Crippen molar-refractivity contribution in [3.8, 4) is 22.9 Å². The minimum absolute atomic E-state index is 0.0992. The highest BCUT2D eigenvalue weighted by molar-refractivity contribution is 6.06. The van der Waals surface area contributed by atoms with Gasteiger partial charge < -0.3 is 20.1 Å². The van der Waals surface area contributed by atoms with Crippen LogP contribution in [0.2, 0.25) is 0 Å². The molecule has 1 atom stereocenters. The van der Waals surface area contributed by atoms with Gasteiger partial charge in [-0.1, -0.05) is 36.4 Å². The van der Waals surface area contributed by atoms with Gasteiger partial charge in [0.15, 0.2) is 5.82 Å². The van der Waals surface area contributed by atoms with Gasteiger partial charge in [0.2, 0.25) is 5.95 Å². The van der Waals surface area contributed by atoms with E-state index in [1.807, 2.05) is 18.2 Å². The van der Waals surface area contributed by atoms with Gasteiger partial charge in [0, 0.05) is 23.4 Å². The second-order valence-electron chi connectivity index (χ2n) is 8.51. The van der Waals surface area contributed by atoms with Crippen LogP contribution >= 0.6 is 0 Å². The van der Waals surface area contributed by atoms with Crippen LogP contribution < -0.4 is 20.1 Å². The summed E-state index contributed by atoms with van der Waals surface area (Å²) in [5.74, 6) is 1.52. The number of allylic oxidation sites excluding steroid dienone is 1. The number of carbonyl (C=O) groups is 1. The number of para-hydroxylation sites is 2. The Bertz CT molecular complexity index is 1580. The lowest BCUT2D eigenvalue weighted by atomic mass is 9.94. The summed E-state index contributed by atoms with van der Waals surface area (Å²) in [4.78, 5) is 29.5. The largest absolute Gasteiger partial charge is 0.497 e. The molecule has 3 aromatic carbocycles. The fourth-order valence-electron chi connectivity index (χ4n) is 4.38. The number of aromatic nitrogens is 3.